The second-order valence-electron chi connectivity index (χ2n) is 3.98. The fourth-order valence-electron chi connectivity index (χ4n) is 1.63. The molecule has 1 aromatic rings. The van der Waals surface area contributed by atoms with E-state index < -0.39 is 0 Å². The highest BCUT2D eigenvalue weighted by Crippen LogP contribution is 2.24. The Morgan fingerprint density at radius 3 is 2.94 bits per heavy atom. The fourth-order valence-corrected chi connectivity index (χ4v) is 1.88. The Balaban J connectivity index is 2.76. The molecule has 0 saturated heterocycles. The Morgan fingerprint density at radius 1 is 1.62 bits per heavy atom. The molecule has 1 rings (SSSR count). The predicted molar refractivity (Wildman–Crippen MR) is 69.7 cm³/mol. The van der Waals surface area contributed by atoms with Crippen molar-refractivity contribution in [2.45, 2.75) is 32.7 Å². The van der Waals surface area contributed by atoms with Gasteiger partial charge in [0.25, 0.3) is 0 Å². The van der Waals surface area contributed by atoms with E-state index in [1.54, 1.807) is 6.20 Å². The standard InChI is InChI=1S/C13H19ClN2/c1-4-15-12(8-7-10(2)3)13-11(14)6-5-9-16-13/h5-6,9,12,15H,2,4,7-8H2,1,3H3. The van der Waals surface area contributed by atoms with Crippen LogP contribution in [0, 0.1) is 0 Å². The molecular formula is C13H19ClN2. The number of hydrogen-bond acceptors (Lipinski definition) is 2. The van der Waals surface area contributed by atoms with Gasteiger partial charge < -0.3 is 5.32 Å². The predicted octanol–water partition coefficient (Wildman–Crippen LogP) is 3.74. The number of nitrogens with zero attached hydrogens (tertiary/aromatic N) is 1. The van der Waals surface area contributed by atoms with Crippen LogP contribution in [0.4, 0.5) is 0 Å². The fraction of sp³-hybridized carbons (Fsp3) is 0.462. The molecule has 0 saturated carbocycles. The molecule has 1 atom stereocenters. The monoisotopic (exact) mass is 238 g/mol. The molecule has 3 heteroatoms. The van der Waals surface area contributed by atoms with Crippen LogP contribution in [0.25, 0.3) is 0 Å². The van der Waals surface area contributed by atoms with Crippen molar-refractivity contribution in [2.75, 3.05) is 6.54 Å². The molecule has 0 amide bonds. The van der Waals surface area contributed by atoms with Gasteiger partial charge in [-0.2, -0.15) is 0 Å². The van der Waals surface area contributed by atoms with Crippen LogP contribution in [0.15, 0.2) is 30.5 Å². The molecule has 1 heterocycles. The van der Waals surface area contributed by atoms with Gasteiger partial charge in [-0.15, -0.1) is 6.58 Å². The Hall–Kier alpha value is -0.860. The molecule has 0 aliphatic heterocycles. The summed E-state index contributed by atoms with van der Waals surface area (Å²) >= 11 is 6.15. The minimum Gasteiger partial charge on any atom is -0.309 e. The van der Waals surface area contributed by atoms with Crippen molar-refractivity contribution >= 4 is 11.6 Å². The summed E-state index contributed by atoms with van der Waals surface area (Å²) in [5, 5.41) is 4.14. The van der Waals surface area contributed by atoms with E-state index in [1.807, 2.05) is 19.1 Å². The van der Waals surface area contributed by atoms with E-state index in [0.29, 0.717) is 0 Å². The average molecular weight is 239 g/mol. The van der Waals surface area contributed by atoms with Gasteiger partial charge in [0, 0.05) is 6.20 Å². The minimum absolute atomic E-state index is 0.218. The van der Waals surface area contributed by atoms with Crippen LogP contribution in [0.5, 0.6) is 0 Å². The van der Waals surface area contributed by atoms with Crippen molar-refractivity contribution in [1.82, 2.24) is 10.3 Å². The molecule has 2 nitrogen and oxygen atoms in total. The van der Waals surface area contributed by atoms with E-state index in [9.17, 15) is 0 Å². The van der Waals surface area contributed by atoms with E-state index in [0.717, 1.165) is 30.1 Å². The van der Waals surface area contributed by atoms with Gasteiger partial charge in [-0.1, -0.05) is 24.1 Å². The van der Waals surface area contributed by atoms with E-state index in [-0.39, 0.29) is 6.04 Å². The molecule has 16 heavy (non-hydrogen) atoms. The first-order valence-electron chi connectivity index (χ1n) is 5.63. The first kappa shape index (κ1) is 13.2. The number of pyridine rings is 1. The van der Waals surface area contributed by atoms with Crippen molar-refractivity contribution in [1.29, 1.82) is 0 Å². The lowest BCUT2D eigenvalue weighted by molar-refractivity contribution is 0.503. The molecular weight excluding hydrogens is 220 g/mol. The summed E-state index contributed by atoms with van der Waals surface area (Å²) in [6, 6.07) is 3.96. The van der Waals surface area contributed by atoms with E-state index in [1.165, 1.54) is 5.57 Å². The highest BCUT2D eigenvalue weighted by Gasteiger charge is 2.14. The van der Waals surface area contributed by atoms with Crippen molar-refractivity contribution in [3.05, 3.63) is 41.2 Å². The molecule has 0 spiro atoms. The first-order chi connectivity index (χ1) is 7.65. The number of halogens is 1. The second-order valence-corrected chi connectivity index (χ2v) is 4.38. The highest BCUT2D eigenvalue weighted by molar-refractivity contribution is 6.31. The maximum absolute atomic E-state index is 6.15. The van der Waals surface area contributed by atoms with Crippen LogP contribution in [-0.4, -0.2) is 11.5 Å². The summed E-state index contributed by atoms with van der Waals surface area (Å²) in [5.41, 5.74) is 2.13. The van der Waals surface area contributed by atoms with Gasteiger partial charge in [0.15, 0.2) is 0 Å². The Kier molecular flexibility index (Phi) is 5.50. The summed E-state index contributed by atoms with van der Waals surface area (Å²) in [7, 11) is 0. The first-order valence-corrected chi connectivity index (χ1v) is 6.01. The summed E-state index contributed by atoms with van der Waals surface area (Å²) in [4.78, 5) is 4.35. The van der Waals surface area contributed by atoms with Crippen molar-refractivity contribution in [3.8, 4) is 0 Å². The van der Waals surface area contributed by atoms with Gasteiger partial charge in [0.05, 0.1) is 16.8 Å². The van der Waals surface area contributed by atoms with Gasteiger partial charge >= 0.3 is 0 Å². The largest absolute Gasteiger partial charge is 0.309 e. The number of allylic oxidation sites excluding steroid dienone is 1. The third-order valence-corrected chi connectivity index (χ3v) is 2.75. The summed E-state index contributed by atoms with van der Waals surface area (Å²) in [6.07, 6.45) is 3.76. The maximum atomic E-state index is 6.15. The summed E-state index contributed by atoms with van der Waals surface area (Å²) < 4.78 is 0. The van der Waals surface area contributed by atoms with Crippen LogP contribution in [0.3, 0.4) is 0 Å². The number of hydrogen-bond donors (Lipinski definition) is 1. The minimum atomic E-state index is 0.218. The average Bonchev–Trinajstić information content (AvgIpc) is 2.25. The molecule has 1 N–H and O–H groups in total. The molecule has 0 bridgehead atoms. The van der Waals surface area contributed by atoms with E-state index in [2.05, 4.69) is 23.8 Å². The van der Waals surface area contributed by atoms with Crippen molar-refractivity contribution in [3.63, 3.8) is 0 Å². The number of rotatable bonds is 6. The lowest BCUT2D eigenvalue weighted by Crippen LogP contribution is -2.22. The SMILES string of the molecule is C=C(C)CCC(NCC)c1ncccc1Cl. The molecule has 0 aromatic carbocycles. The van der Waals surface area contributed by atoms with Gasteiger partial charge in [-0.25, -0.2) is 0 Å². The second kappa shape index (κ2) is 6.66. The van der Waals surface area contributed by atoms with Crippen LogP contribution >= 0.6 is 11.6 Å². The molecule has 0 aliphatic rings. The normalized spacial score (nSPS) is 12.4. The number of nitrogens with one attached hydrogen (secondary N) is 1. The van der Waals surface area contributed by atoms with Crippen molar-refractivity contribution < 1.29 is 0 Å². The molecule has 1 aromatic heterocycles. The van der Waals surface area contributed by atoms with Crippen LogP contribution in [-0.2, 0) is 0 Å². The van der Waals surface area contributed by atoms with E-state index >= 15 is 0 Å². The zero-order valence-corrected chi connectivity index (χ0v) is 10.7. The van der Waals surface area contributed by atoms with Crippen LogP contribution in [0.1, 0.15) is 38.4 Å². The van der Waals surface area contributed by atoms with Crippen LogP contribution < -0.4 is 5.32 Å². The molecule has 0 fully saturated rings. The molecule has 0 aliphatic carbocycles. The molecule has 0 radical (unpaired) electrons. The Bertz CT molecular complexity index is 350. The Morgan fingerprint density at radius 2 is 2.38 bits per heavy atom. The quantitative estimate of drug-likeness (QED) is 0.764. The Labute approximate surface area is 103 Å². The summed E-state index contributed by atoms with van der Waals surface area (Å²) in [6.45, 7) is 8.97. The highest BCUT2D eigenvalue weighted by atomic mass is 35.5. The van der Waals surface area contributed by atoms with Gasteiger partial charge in [-0.05, 0) is 38.4 Å². The maximum Gasteiger partial charge on any atom is 0.0759 e. The number of aromatic nitrogens is 1. The lowest BCUT2D eigenvalue weighted by atomic mass is 10.0. The van der Waals surface area contributed by atoms with Gasteiger partial charge in [0.1, 0.15) is 0 Å². The third-order valence-electron chi connectivity index (χ3n) is 2.43. The van der Waals surface area contributed by atoms with Crippen molar-refractivity contribution in [2.24, 2.45) is 0 Å². The zero-order chi connectivity index (χ0) is 12.0. The topological polar surface area (TPSA) is 24.9 Å². The smallest absolute Gasteiger partial charge is 0.0759 e. The zero-order valence-electron chi connectivity index (χ0n) is 9.96. The van der Waals surface area contributed by atoms with E-state index in [4.69, 9.17) is 11.6 Å². The molecule has 88 valence electrons. The van der Waals surface area contributed by atoms with Gasteiger partial charge in [0.2, 0.25) is 0 Å². The van der Waals surface area contributed by atoms with Gasteiger partial charge in [-0.3, -0.25) is 4.98 Å². The third kappa shape index (κ3) is 3.95. The summed E-state index contributed by atoms with van der Waals surface area (Å²) in [5.74, 6) is 0. The lowest BCUT2D eigenvalue weighted by Gasteiger charge is -2.18. The molecule has 1 unspecified atom stereocenters. The van der Waals surface area contributed by atoms with Crippen LogP contribution in [0.2, 0.25) is 5.02 Å².